The van der Waals surface area contributed by atoms with Crippen molar-refractivity contribution in [1.82, 2.24) is 0 Å². The highest BCUT2D eigenvalue weighted by Crippen LogP contribution is 2.64. The molecule has 0 aromatic heterocycles. The fourth-order valence-corrected chi connectivity index (χ4v) is 7.87. The van der Waals surface area contributed by atoms with Crippen LogP contribution in [0.25, 0.3) is 0 Å². The zero-order valence-electron chi connectivity index (χ0n) is 19.4. The van der Waals surface area contributed by atoms with Gasteiger partial charge in [-0.3, -0.25) is 4.79 Å². The number of fused-ring (bicyclic) bond motifs is 5. The molecule has 8 nitrogen and oxygen atoms in total. The first kappa shape index (κ1) is 23.4. The zero-order chi connectivity index (χ0) is 23.7. The highest BCUT2D eigenvalue weighted by molar-refractivity contribution is 5.87. The normalized spacial score (nSPS) is 51.8. The predicted octanol–water partition coefficient (Wildman–Crippen LogP) is 1.80. The lowest BCUT2D eigenvalue weighted by atomic mass is 9.48. The molecule has 3 saturated carbocycles. The van der Waals surface area contributed by atoms with E-state index in [1.165, 1.54) is 5.57 Å². The first-order valence-corrected chi connectivity index (χ1v) is 12.4. The molecule has 4 aliphatic carbocycles. The Kier molecular flexibility index (Phi) is 5.77. The van der Waals surface area contributed by atoms with E-state index in [0.717, 1.165) is 44.9 Å². The Balaban J connectivity index is 1.30. The Morgan fingerprint density at radius 1 is 1.03 bits per heavy atom. The van der Waals surface area contributed by atoms with Crippen molar-refractivity contribution in [1.29, 1.82) is 0 Å². The van der Waals surface area contributed by atoms with Gasteiger partial charge in [0, 0.05) is 11.8 Å². The third-order valence-corrected chi connectivity index (χ3v) is 9.91. The summed E-state index contributed by atoms with van der Waals surface area (Å²) in [5.41, 5.74) is 1.25. The Morgan fingerprint density at radius 2 is 1.73 bits per heavy atom. The Morgan fingerprint density at radius 3 is 2.45 bits per heavy atom. The molecular weight excluding hydrogens is 428 g/mol. The van der Waals surface area contributed by atoms with E-state index < -0.39 is 36.7 Å². The molecule has 5 rings (SSSR count). The summed E-state index contributed by atoms with van der Waals surface area (Å²) >= 11 is 0. The molecule has 1 saturated heterocycles. The van der Waals surface area contributed by atoms with Gasteiger partial charge in [0.15, 0.2) is 12.4 Å². The number of carboxylic acids is 1. The third kappa shape index (κ3) is 3.52. The monoisotopic (exact) mass is 464 g/mol. The molecule has 184 valence electrons. The number of ketones is 1. The number of aliphatic hydroxyl groups is 3. The molecule has 0 radical (unpaired) electrons. The molecule has 5 aliphatic rings. The van der Waals surface area contributed by atoms with Gasteiger partial charge in [-0.1, -0.05) is 25.5 Å². The van der Waals surface area contributed by atoms with Crippen LogP contribution in [0.5, 0.6) is 0 Å². The SMILES string of the molecule is CC12CCC3C(CC=C4CC(O[C@@H]5O[C@H](C(=O)O)C(O)C(O)C5O)CCC43C)C1CCC2=O. The number of carbonyl (C=O) groups excluding carboxylic acids is 1. The van der Waals surface area contributed by atoms with Crippen LogP contribution in [0.3, 0.4) is 0 Å². The van der Waals surface area contributed by atoms with E-state index in [-0.39, 0.29) is 16.9 Å². The molecular formula is C25H36O8. The average molecular weight is 465 g/mol. The van der Waals surface area contributed by atoms with Crippen molar-refractivity contribution < 1.29 is 39.5 Å². The standard InChI is InChI=1S/C25H36O8/c1-24-9-7-13(32-23-20(29)18(27)19(28)21(33-23)22(30)31)11-12(24)3-4-14-15-5-6-17(26)25(15,2)10-8-16(14)24/h3,13-16,18-21,23,27-29H,4-11H2,1-2H3,(H,30,31)/t13?,14?,15?,16?,18?,19?,20?,21-,23+,24?,25?/m0/s1. The quantitative estimate of drug-likeness (QED) is 0.465. The second kappa shape index (κ2) is 8.12. The number of hydrogen-bond acceptors (Lipinski definition) is 7. The van der Waals surface area contributed by atoms with Gasteiger partial charge in [0.25, 0.3) is 0 Å². The van der Waals surface area contributed by atoms with Crippen molar-refractivity contribution in [2.75, 3.05) is 0 Å². The topological polar surface area (TPSA) is 134 Å². The molecule has 11 atom stereocenters. The van der Waals surface area contributed by atoms with Crippen LogP contribution in [-0.4, -0.2) is 69.0 Å². The van der Waals surface area contributed by atoms with E-state index in [0.29, 0.717) is 30.0 Å². The van der Waals surface area contributed by atoms with Gasteiger partial charge in [-0.2, -0.15) is 0 Å². The van der Waals surface area contributed by atoms with E-state index in [9.17, 15) is 30.0 Å². The highest BCUT2D eigenvalue weighted by Gasteiger charge is 2.59. The summed E-state index contributed by atoms with van der Waals surface area (Å²) in [6, 6.07) is 0. The number of carbonyl (C=O) groups is 2. The first-order chi connectivity index (χ1) is 15.6. The van der Waals surface area contributed by atoms with Crippen LogP contribution in [0.15, 0.2) is 11.6 Å². The maximum absolute atomic E-state index is 12.6. The van der Waals surface area contributed by atoms with Gasteiger partial charge < -0.3 is 29.9 Å². The largest absolute Gasteiger partial charge is 0.479 e. The summed E-state index contributed by atoms with van der Waals surface area (Å²) in [5.74, 6) is 0.596. The molecule has 8 heteroatoms. The van der Waals surface area contributed by atoms with Crippen molar-refractivity contribution in [2.24, 2.45) is 28.6 Å². The van der Waals surface area contributed by atoms with Gasteiger partial charge in [-0.15, -0.1) is 0 Å². The number of carboxylic acid groups (broad SMARTS) is 1. The van der Waals surface area contributed by atoms with E-state index >= 15 is 0 Å². The van der Waals surface area contributed by atoms with E-state index in [1.54, 1.807) is 0 Å². The summed E-state index contributed by atoms with van der Waals surface area (Å²) in [7, 11) is 0. The van der Waals surface area contributed by atoms with Crippen LogP contribution in [0.1, 0.15) is 65.2 Å². The van der Waals surface area contributed by atoms with Crippen LogP contribution in [0, 0.1) is 28.6 Å². The lowest BCUT2D eigenvalue weighted by Crippen LogP contribution is -2.61. The second-order valence-corrected chi connectivity index (χ2v) is 11.4. The summed E-state index contributed by atoms with van der Waals surface area (Å²) in [6.07, 6.45) is 1.28. The van der Waals surface area contributed by atoms with Gasteiger partial charge in [-0.25, -0.2) is 4.79 Å². The fourth-order valence-electron chi connectivity index (χ4n) is 7.87. The zero-order valence-corrected chi connectivity index (χ0v) is 19.4. The third-order valence-electron chi connectivity index (χ3n) is 9.91. The fraction of sp³-hybridized carbons (Fsp3) is 0.840. The molecule has 0 spiro atoms. The maximum atomic E-state index is 12.6. The molecule has 0 amide bonds. The average Bonchev–Trinajstić information content (AvgIpc) is 3.08. The van der Waals surface area contributed by atoms with Crippen LogP contribution in [0.4, 0.5) is 0 Å². The van der Waals surface area contributed by atoms with Gasteiger partial charge in [0.2, 0.25) is 0 Å². The lowest BCUT2D eigenvalue weighted by molar-refractivity contribution is -0.306. The van der Waals surface area contributed by atoms with Gasteiger partial charge in [0.1, 0.15) is 24.1 Å². The number of Topliss-reactive ketones (excluding diaryl/α,β-unsaturated/α-hetero) is 1. The number of hydrogen-bond donors (Lipinski definition) is 4. The number of ether oxygens (including phenoxy) is 2. The number of aliphatic carboxylic acids is 1. The molecule has 1 aliphatic heterocycles. The Hall–Kier alpha value is -1.32. The number of aliphatic hydroxyl groups excluding tert-OH is 3. The molecule has 1 heterocycles. The molecule has 0 bridgehead atoms. The molecule has 0 aromatic rings. The maximum Gasteiger partial charge on any atom is 0.335 e. The molecule has 33 heavy (non-hydrogen) atoms. The van der Waals surface area contributed by atoms with E-state index in [1.807, 2.05) is 0 Å². The molecule has 4 N–H and O–H groups in total. The Bertz CT molecular complexity index is 855. The van der Waals surface area contributed by atoms with Gasteiger partial charge in [-0.05, 0) is 68.1 Å². The summed E-state index contributed by atoms with van der Waals surface area (Å²) in [4.78, 5) is 24.0. The van der Waals surface area contributed by atoms with Crippen molar-refractivity contribution in [3.05, 3.63) is 11.6 Å². The summed E-state index contributed by atoms with van der Waals surface area (Å²) in [6.45, 7) is 4.53. The van der Waals surface area contributed by atoms with Gasteiger partial charge in [0.05, 0.1) is 6.10 Å². The van der Waals surface area contributed by atoms with Crippen LogP contribution >= 0.6 is 0 Å². The molecule has 0 aromatic carbocycles. The minimum atomic E-state index is -1.72. The minimum absolute atomic E-state index is 0.0566. The van der Waals surface area contributed by atoms with Crippen LogP contribution in [0.2, 0.25) is 0 Å². The summed E-state index contributed by atoms with van der Waals surface area (Å²) < 4.78 is 11.3. The number of allylic oxidation sites excluding steroid dienone is 1. The first-order valence-electron chi connectivity index (χ1n) is 12.4. The Labute approximate surface area is 194 Å². The van der Waals surface area contributed by atoms with Crippen molar-refractivity contribution >= 4 is 11.8 Å². The van der Waals surface area contributed by atoms with Crippen molar-refractivity contribution in [2.45, 2.75) is 102 Å². The van der Waals surface area contributed by atoms with E-state index in [4.69, 9.17) is 9.47 Å². The smallest absolute Gasteiger partial charge is 0.335 e. The van der Waals surface area contributed by atoms with Crippen LogP contribution < -0.4 is 0 Å². The van der Waals surface area contributed by atoms with Crippen molar-refractivity contribution in [3.8, 4) is 0 Å². The van der Waals surface area contributed by atoms with E-state index in [2.05, 4.69) is 19.9 Å². The molecule has 4 fully saturated rings. The lowest BCUT2D eigenvalue weighted by Gasteiger charge is -2.57. The highest BCUT2D eigenvalue weighted by atomic mass is 16.7. The predicted molar refractivity (Wildman–Crippen MR) is 116 cm³/mol. The summed E-state index contributed by atoms with van der Waals surface area (Å²) in [5, 5.41) is 39.6. The second-order valence-electron chi connectivity index (χ2n) is 11.4. The van der Waals surface area contributed by atoms with Crippen LogP contribution in [-0.2, 0) is 19.1 Å². The molecule has 9 unspecified atom stereocenters. The number of rotatable bonds is 3. The van der Waals surface area contributed by atoms with Gasteiger partial charge >= 0.3 is 5.97 Å². The minimum Gasteiger partial charge on any atom is -0.479 e. The van der Waals surface area contributed by atoms with Crippen molar-refractivity contribution in [3.63, 3.8) is 0 Å².